The van der Waals surface area contributed by atoms with Crippen LogP contribution in [0.2, 0.25) is 0 Å². The Morgan fingerprint density at radius 3 is 2.56 bits per heavy atom. The Kier molecular flexibility index (Phi) is 3.76. The molecule has 0 aromatic rings. The van der Waals surface area contributed by atoms with Crippen molar-refractivity contribution in [2.24, 2.45) is 5.10 Å². The summed E-state index contributed by atoms with van der Waals surface area (Å²) < 4.78 is 0. The highest BCUT2D eigenvalue weighted by Gasteiger charge is 1.85. The number of allylic oxidation sites excluding steroid dienone is 1. The van der Waals surface area contributed by atoms with Gasteiger partial charge in [-0.3, -0.25) is 0 Å². The SMILES string of the molecule is C=C/C(C)=N\NC(C)C. The lowest BCUT2D eigenvalue weighted by Gasteiger charge is -2.02. The third-order valence-electron chi connectivity index (χ3n) is 0.795. The fourth-order valence-corrected chi connectivity index (χ4v) is 0.277. The summed E-state index contributed by atoms with van der Waals surface area (Å²) in [6.07, 6.45) is 1.72. The van der Waals surface area contributed by atoms with E-state index in [2.05, 4.69) is 17.1 Å². The van der Waals surface area contributed by atoms with E-state index in [1.165, 1.54) is 0 Å². The lowest BCUT2D eigenvalue weighted by molar-refractivity contribution is 0.621. The van der Waals surface area contributed by atoms with Gasteiger partial charge in [0.25, 0.3) is 0 Å². The second kappa shape index (κ2) is 4.13. The predicted octanol–water partition coefficient (Wildman–Crippen LogP) is 1.55. The van der Waals surface area contributed by atoms with Gasteiger partial charge in [-0.25, -0.2) is 0 Å². The van der Waals surface area contributed by atoms with Gasteiger partial charge in [-0.15, -0.1) is 0 Å². The molecular formula is C7H14N2. The van der Waals surface area contributed by atoms with Gasteiger partial charge in [0.2, 0.25) is 0 Å². The Hall–Kier alpha value is -0.790. The fourth-order valence-electron chi connectivity index (χ4n) is 0.277. The molecule has 0 aliphatic rings. The normalized spacial score (nSPS) is 11.8. The van der Waals surface area contributed by atoms with Crippen LogP contribution in [0.4, 0.5) is 0 Å². The van der Waals surface area contributed by atoms with Gasteiger partial charge >= 0.3 is 0 Å². The van der Waals surface area contributed by atoms with Crippen molar-refractivity contribution in [1.29, 1.82) is 0 Å². The number of hydrogen-bond acceptors (Lipinski definition) is 2. The molecule has 0 aromatic carbocycles. The maximum atomic E-state index is 3.99. The zero-order valence-corrected chi connectivity index (χ0v) is 6.31. The first-order chi connectivity index (χ1) is 4.16. The van der Waals surface area contributed by atoms with E-state index < -0.39 is 0 Å². The molecule has 0 saturated carbocycles. The van der Waals surface area contributed by atoms with Crippen LogP contribution < -0.4 is 5.43 Å². The first-order valence-electron chi connectivity index (χ1n) is 3.09. The zero-order chi connectivity index (χ0) is 7.28. The molecule has 2 nitrogen and oxygen atoms in total. The second-order valence-electron chi connectivity index (χ2n) is 2.24. The Morgan fingerprint density at radius 1 is 1.67 bits per heavy atom. The van der Waals surface area contributed by atoms with Crippen molar-refractivity contribution in [3.05, 3.63) is 12.7 Å². The van der Waals surface area contributed by atoms with Crippen LogP contribution in [0.25, 0.3) is 0 Å². The van der Waals surface area contributed by atoms with Crippen LogP contribution in [0, 0.1) is 0 Å². The molecule has 2 heteroatoms. The number of hydrazone groups is 1. The largest absolute Gasteiger partial charge is 0.307 e. The molecule has 0 saturated heterocycles. The van der Waals surface area contributed by atoms with E-state index in [-0.39, 0.29) is 0 Å². The molecule has 0 spiro atoms. The van der Waals surface area contributed by atoms with Crippen molar-refractivity contribution < 1.29 is 0 Å². The van der Waals surface area contributed by atoms with Crippen molar-refractivity contribution in [2.75, 3.05) is 0 Å². The molecule has 1 N–H and O–H groups in total. The van der Waals surface area contributed by atoms with Gasteiger partial charge in [0.05, 0.1) is 5.71 Å². The first-order valence-corrected chi connectivity index (χ1v) is 3.09. The van der Waals surface area contributed by atoms with E-state index in [0.29, 0.717) is 6.04 Å². The molecule has 0 aliphatic carbocycles. The summed E-state index contributed by atoms with van der Waals surface area (Å²) in [5.41, 5.74) is 3.83. The lowest BCUT2D eigenvalue weighted by Crippen LogP contribution is -2.17. The molecular weight excluding hydrogens is 112 g/mol. The topological polar surface area (TPSA) is 24.4 Å². The minimum absolute atomic E-state index is 0.403. The highest BCUT2D eigenvalue weighted by atomic mass is 15.3. The van der Waals surface area contributed by atoms with E-state index in [1.54, 1.807) is 6.08 Å². The maximum Gasteiger partial charge on any atom is 0.0566 e. The van der Waals surface area contributed by atoms with Crippen molar-refractivity contribution in [3.63, 3.8) is 0 Å². The van der Waals surface area contributed by atoms with E-state index in [1.807, 2.05) is 20.8 Å². The van der Waals surface area contributed by atoms with E-state index >= 15 is 0 Å². The minimum atomic E-state index is 0.403. The molecule has 0 radical (unpaired) electrons. The average Bonchev–Trinajstić information content (AvgIpc) is 1.83. The summed E-state index contributed by atoms with van der Waals surface area (Å²) in [5, 5.41) is 3.99. The van der Waals surface area contributed by atoms with E-state index in [9.17, 15) is 0 Å². The van der Waals surface area contributed by atoms with Gasteiger partial charge < -0.3 is 5.43 Å². The standard InChI is InChI=1S/C7H14N2/c1-5-7(4)9-8-6(2)3/h5-6,8H,1H2,2-4H3/b9-7-. The lowest BCUT2D eigenvalue weighted by atomic mass is 10.4. The molecule has 0 rings (SSSR count). The van der Waals surface area contributed by atoms with E-state index in [4.69, 9.17) is 0 Å². The molecule has 0 aromatic heterocycles. The Morgan fingerprint density at radius 2 is 2.22 bits per heavy atom. The summed E-state index contributed by atoms with van der Waals surface area (Å²) in [6.45, 7) is 9.56. The number of nitrogens with one attached hydrogen (secondary N) is 1. The molecule has 9 heavy (non-hydrogen) atoms. The molecule has 52 valence electrons. The second-order valence-corrected chi connectivity index (χ2v) is 2.24. The highest BCUT2D eigenvalue weighted by Crippen LogP contribution is 1.78. The summed E-state index contributed by atoms with van der Waals surface area (Å²) in [5.74, 6) is 0. The quantitative estimate of drug-likeness (QED) is 0.450. The van der Waals surface area contributed by atoms with Gasteiger partial charge in [-0.05, 0) is 26.8 Å². The number of hydrogen-bond donors (Lipinski definition) is 1. The molecule has 0 unspecified atom stereocenters. The fraction of sp³-hybridized carbons (Fsp3) is 0.571. The van der Waals surface area contributed by atoms with Crippen LogP contribution in [0.1, 0.15) is 20.8 Å². The molecule has 0 heterocycles. The van der Waals surface area contributed by atoms with Gasteiger partial charge in [0.15, 0.2) is 0 Å². The van der Waals surface area contributed by atoms with Crippen molar-refractivity contribution in [3.8, 4) is 0 Å². The van der Waals surface area contributed by atoms with Gasteiger partial charge in [-0.1, -0.05) is 6.58 Å². The van der Waals surface area contributed by atoms with Crippen molar-refractivity contribution >= 4 is 5.71 Å². The van der Waals surface area contributed by atoms with Gasteiger partial charge in [-0.2, -0.15) is 5.10 Å². The number of nitrogens with zero attached hydrogens (tertiary/aromatic N) is 1. The maximum absolute atomic E-state index is 3.99. The third kappa shape index (κ3) is 5.07. The first kappa shape index (κ1) is 8.21. The van der Waals surface area contributed by atoms with Crippen LogP contribution in [0.5, 0.6) is 0 Å². The molecule has 0 fully saturated rings. The van der Waals surface area contributed by atoms with Gasteiger partial charge in [0, 0.05) is 6.04 Å². The van der Waals surface area contributed by atoms with Crippen molar-refractivity contribution in [1.82, 2.24) is 5.43 Å². The Bertz CT molecular complexity index is 114. The van der Waals surface area contributed by atoms with Crippen molar-refractivity contribution in [2.45, 2.75) is 26.8 Å². The van der Waals surface area contributed by atoms with Crippen LogP contribution in [-0.4, -0.2) is 11.8 Å². The number of rotatable bonds is 3. The van der Waals surface area contributed by atoms with Gasteiger partial charge in [0.1, 0.15) is 0 Å². The smallest absolute Gasteiger partial charge is 0.0566 e. The third-order valence-corrected chi connectivity index (χ3v) is 0.795. The van der Waals surface area contributed by atoms with Crippen LogP contribution in [0.3, 0.4) is 0 Å². The molecule has 0 amide bonds. The average molecular weight is 126 g/mol. The highest BCUT2D eigenvalue weighted by molar-refractivity contribution is 5.91. The van der Waals surface area contributed by atoms with E-state index in [0.717, 1.165) is 5.71 Å². The predicted molar refractivity (Wildman–Crippen MR) is 41.6 cm³/mol. The monoisotopic (exact) mass is 126 g/mol. The molecule has 0 atom stereocenters. The Balaban J connectivity index is 3.56. The summed E-state index contributed by atoms with van der Waals surface area (Å²) in [4.78, 5) is 0. The Labute approximate surface area is 56.7 Å². The van der Waals surface area contributed by atoms with Crippen LogP contribution >= 0.6 is 0 Å². The zero-order valence-electron chi connectivity index (χ0n) is 6.31. The van der Waals surface area contributed by atoms with Crippen LogP contribution in [0.15, 0.2) is 17.8 Å². The van der Waals surface area contributed by atoms with Crippen LogP contribution in [-0.2, 0) is 0 Å². The summed E-state index contributed by atoms with van der Waals surface area (Å²) in [6, 6.07) is 0.403. The summed E-state index contributed by atoms with van der Waals surface area (Å²) in [7, 11) is 0. The molecule has 0 aliphatic heterocycles. The summed E-state index contributed by atoms with van der Waals surface area (Å²) >= 11 is 0. The molecule has 0 bridgehead atoms. The minimum Gasteiger partial charge on any atom is -0.307 e.